The molecule has 0 spiro atoms. The highest BCUT2D eigenvalue weighted by molar-refractivity contribution is 6.01. The lowest BCUT2D eigenvalue weighted by molar-refractivity contribution is -0.118. The van der Waals surface area contributed by atoms with Gasteiger partial charge in [0.1, 0.15) is 18.2 Å². The Morgan fingerprint density at radius 3 is 2.45 bits per heavy atom. The Balaban J connectivity index is 1.74. The topological polar surface area (TPSA) is 88.9 Å². The van der Waals surface area contributed by atoms with Crippen LogP contribution in [-0.2, 0) is 11.8 Å². The van der Waals surface area contributed by atoms with Crippen LogP contribution in [0.25, 0.3) is 11.4 Å². The summed E-state index contributed by atoms with van der Waals surface area (Å²) < 4.78 is 14.8. The first-order valence-electron chi connectivity index (χ1n) is 9.17. The van der Waals surface area contributed by atoms with Crippen molar-refractivity contribution in [2.24, 2.45) is 13.0 Å². The second kappa shape index (κ2) is 8.64. The fraction of sp³-hybridized carbons (Fsp3) is 0.238. The quantitative estimate of drug-likeness (QED) is 0.672. The van der Waals surface area contributed by atoms with E-state index in [9.17, 15) is 14.0 Å². The van der Waals surface area contributed by atoms with E-state index in [2.05, 4.69) is 20.8 Å². The molecule has 2 aromatic carbocycles. The highest BCUT2D eigenvalue weighted by Gasteiger charge is 2.25. The smallest absolute Gasteiger partial charge is 0.251 e. The van der Waals surface area contributed by atoms with Gasteiger partial charge in [-0.3, -0.25) is 9.59 Å². The molecule has 2 N–H and O–H groups in total. The summed E-state index contributed by atoms with van der Waals surface area (Å²) in [7, 11) is 1.83. The van der Waals surface area contributed by atoms with E-state index in [0.29, 0.717) is 11.5 Å². The van der Waals surface area contributed by atoms with E-state index in [1.165, 1.54) is 24.3 Å². The molecule has 1 heterocycles. The standard InChI is InChI=1S/C21H22FN5O2/c1-13(2)18(25-20(28)14-7-9-16(22)10-8-14)21(29)24-17-6-4-5-15(11-17)19-26-23-12-27(19)3/h4-13,18H,1-3H3,(H,24,29)(H,25,28). The molecule has 3 rings (SSSR count). The van der Waals surface area contributed by atoms with Crippen LogP contribution in [0.4, 0.5) is 10.1 Å². The molecule has 0 aliphatic heterocycles. The van der Waals surface area contributed by atoms with Gasteiger partial charge < -0.3 is 15.2 Å². The molecule has 0 aliphatic rings. The summed E-state index contributed by atoms with van der Waals surface area (Å²) in [6.45, 7) is 3.68. The molecule has 0 saturated carbocycles. The molecule has 3 aromatic rings. The molecular weight excluding hydrogens is 373 g/mol. The first kappa shape index (κ1) is 20.2. The van der Waals surface area contributed by atoms with Crippen molar-refractivity contribution in [3.05, 3.63) is 66.2 Å². The fourth-order valence-corrected chi connectivity index (χ4v) is 2.86. The monoisotopic (exact) mass is 395 g/mol. The minimum atomic E-state index is -0.758. The predicted octanol–water partition coefficient (Wildman–Crippen LogP) is 3.01. The Bertz CT molecular complexity index is 1010. The van der Waals surface area contributed by atoms with Crippen LogP contribution < -0.4 is 10.6 Å². The van der Waals surface area contributed by atoms with Crippen molar-refractivity contribution in [1.82, 2.24) is 20.1 Å². The van der Waals surface area contributed by atoms with E-state index in [0.717, 1.165) is 5.56 Å². The molecule has 0 aliphatic carbocycles. The third kappa shape index (κ3) is 4.84. The van der Waals surface area contributed by atoms with Gasteiger partial charge in [0.15, 0.2) is 5.82 Å². The number of carbonyl (C=O) groups is 2. The second-order valence-corrected chi connectivity index (χ2v) is 7.04. The molecule has 1 unspecified atom stereocenters. The van der Waals surface area contributed by atoms with Crippen molar-refractivity contribution in [2.75, 3.05) is 5.32 Å². The summed E-state index contributed by atoms with van der Waals surface area (Å²) in [5.41, 5.74) is 1.67. The Kier molecular flexibility index (Phi) is 6.01. The predicted molar refractivity (Wildman–Crippen MR) is 108 cm³/mol. The van der Waals surface area contributed by atoms with Crippen molar-refractivity contribution in [3.8, 4) is 11.4 Å². The van der Waals surface area contributed by atoms with E-state index < -0.39 is 17.8 Å². The second-order valence-electron chi connectivity index (χ2n) is 7.04. The minimum absolute atomic E-state index is 0.152. The lowest BCUT2D eigenvalue weighted by Crippen LogP contribution is -2.47. The number of hydrogen-bond donors (Lipinski definition) is 2. The van der Waals surface area contributed by atoms with Gasteiger partial charge in [0.2, 0.25) is 5.91 Å². The summed E-state index contributed by atoms with van der Waals surface area (Å²) in [5, 5.41) is 13.5. The fourth-order valence-electron chi connectivity index (χ4n) is 2.86. The number of anilines is 1. The Morgan fingerprint density at radius 1 is 1.10 bits per heavy atom. The Hall–Kier alpha value is -3.55. The Labute approximate surface area is 168 Å². The van der Waals surface area contributed by atoms with Crippen LogP contribution in [0.2, 0.25) is 0 Å². The molecular formula is C21H22FN5O2. The molecule has 1 atom stereocenters. The number of aryl methyl sites for hydroxylation is 1. The van der Waals surface area contributed by atoms with Crippen LogP contribution in [0.1, 0.15) is 24.2 Å². The number of rotatable bonds is 6. The lowest BCUT2D eigenvalue weighted by Gasteiger charge is -2.22. The van der Waals surface area contributed by atoms with Crippen molar-refractivity contribution in [1.29, 1.82) is 0 Å². The zero-order valence-electron chi connectivity index (χ0n) is 16.4. The van der Waals surface area contributed by atoms with E-state index in [1.54, 1.807) is 29.1 Å². The number of hydrogen-bond acceptors (Lipinski definition) is 4. The van der Waals surface area contributed by atoms with Crippen LogP contribution in [0.3, 0.4) is 0 Å². The average Bonchev–Trinajstić information content (AvgIpc) is 3.12. The van der Waals surface area contributed by atoms with Crippen LogP contribution in [0.5, 0.6) is 0 Å². The van der Waals surface area contributed by atoms with E-state index >= 15 is 0 Å². The largest absolute Gasteiger partial charge is 0.340 e. The highest BCUT2D eigenvalue weighted by atomic mass is 19.1. The van der Waals surface area contributed by atoms with Gasteiger partial charge >= 0.3 is 0 Å². The summed E-state index contributed by atoms with van der Waals surface area (Å²) in [6, 6.07) is 11.6. The maximum Gasteiger partial charge on any atom is 0.251 e. The molecule has 1 aromatic heterocycles. The molecule has 8 heteroatoms. The molecule has 2 amide bonds. The summed E-state index contributed by atoms with van der Waals surface area (Å²) in [5.74, 6) is -0.688. The van der Waals surface area contributed by atoms with Crippen LogP contribution in [-0.4, -0.2) is 32.6 Å². The van der Waals surface area contributed by atoms with Crippen LogP contribution in [0, 0.1) is 11.7 Å². The summed E-state index contributed by atoms with van der Waals surface area (Å²) in [4.78, 5) is 25.3. The molecule has 0 radical (unpaired) electrons. The number of nitrogens with one attached hydrogen (secondary N) is 2. The minimum Gasteiger partial charge on any atom is -0.340 e. The van der Waals surface area contributed by atoms with Gasteiger partial charge in [-0.15, -0.1) is 10.2 Å². The normalized spacial score (nSPS) is 11.9. The van der Waals surface area contributed by atoms with E-state index in [-0.39, 0.29) is 17.4 Å². The number of carbonyl (C=O) groups excluding carboxylic acids is 2. The number of halogens is 1. The molecule has 0 bridgehead atoms. The zero-order valence-corrected chi connectivity index (χ0v) is 16.4. The first-order valence-corrected chi connectivity index (χ1v) is 9.17. The molecule has 150 valence electrons. The number of nitrogens with zero attached hydrogens (tertiary/aromatic N) is 3. The molecule has 0 saturated heterocycles. The van der Waals surface area contributed by atoms with Gasteiger partial charge in [0, 0.05) is 23.9 Å². The van der Waals surface area contributed by atoms with Gasteiger partial charge in [0.25, 0.3) is 5.91 Å². The van der Waals surface area contributed by atoms with Crippen LogP contribution >= 0.6 is 0 Å². The van der Waals surface area contributed by atoms with E-state index in [1.807, 2.05) is 27.0 Å². The van der Waals surface area contributed by atoms with E-state index in [4.69, 9.17) is 0 Å². The first-order chi connectivity index (χ1) is 13.8. The maximum absolute atomic E-state index is 13.1. The van der Waals surface area contributed by atoms with Gasteiger partial charge in [-0.05, 0) is 42.3 Å². The summed E-state index contributed by atoms with van der Waals surface area (Å²) >= 11 is 0. The van der Waals surface area contributed by atoms with Crippen molar-refractivity contribution in [2.45, 2.75) is 19.9 Å². The van der Waals surface area contributed by atoms with Crippen molar-refractivity contribution < 1.29 is 14.0 Å². The van der Waals surface area contributed by atoms with Gasteiger partial charge in [-0.1, -0.05) is 26.0 Å². The van der Waals surface area contributed by atoms with Crippen molar-refractivity contribution in [3.63, 3.8) is 0 Å². The number of amides is 2. The molecule has 29 heavy (non-hydrogen) atoms. The lowest BCUT2D eigenvalue weighted by atomic mass is 10.0. The molecule has 7 nitrogen and oxygen atoms in total. The average molecular weight is 395 g/mol. The summed E-state index contributed by atoms with van der Waals surface area (Å²) in [6.07, 6.45) is 1.60. The SMILES string of the molecule is CC(C)C(NC(=O)c1ccc(F)cc1)C(=O)Nc1cccc(-c2nncn2C)c1. The number of aromatic nitrogens is 3. The zero-order chi connectivity index (χ0) is 21.0. The third-order valence-corrected chi connectivity index (χ3v) is 4.44. The van der Waals surface area contributed by atoms with Gasteiger partial charge in [-0.25, -0.2) is 4.39 Å². The van der Waals surface area contributed by atoms with Gasteiger partial charge in [0.05, 0.1) is 0 Å². The van der Waals surface area contributed by atoms with Gasteiger partial charge in [-0.2, -0.15) is 0 Å². The molecule has 0 fully saturated rings. The van der Waals surface area contributed by atoms with Crippen molar-refractivity contribution >= 4 is 17.5 Å². The number of benzene rings is 2. The third-order valence-electron chi connectivity index (χ3n) is 4.44. The van der Waals surface area contributed by atoms with Crippen LogP contribution in [0.15, 0.2) is 54.9 Å². The highest BCUT2D eigenvalue weighted by Crippen LogP contribution is 2.20. The maximum atomic E-state index is 13.1. The Morgan fingerprint density at radius 2 is 1.83 bits per heavy atom.